The van der Waals surface area contributed by atoms with E-state index in [2.05, 4.69) is 61.4 Å². The van der Waals surface area contributed by atoms with E-state index in [1.165, 1.54) is 16.8 Å². The monoisotopic (exact) mass is 338 g/mol. The summed E-state index contributed by atoms with van der Waals surface area (Å²) in [7, 11) is 0. The molecule has 2 aromatic heterocycles. The molecule has 4 rings (SSSR count). The van der Waals surface area contributed by atoms with Crippen LogP contribution >= 0.6 is 0 Å². The number of anilines is 1. The van der Waals surface area contributed by atoms with Gasteiger partial charge >= 0.3 is 0 Å². The van der Waals surface area contributed by atoms with E-state index in [4.69, 9.17) is 9.40 Å². The molecule has 25 heavy (non-hydrogen) atoms. The fourth-order valence-corrected chi connectivity index (χ4v) is 3.50. The van der Waals surface area contributed by atoms with Crippen molar-refractivity contribution in [3.63, 3.8) is 0 Å². The zero-order valence-electron chi connectivity index (χ0n) is 15.7. The highest BCUT2D eigenvalue weighted by molar-refractivity contribution is 5.75. The molecular weight excluding hydrogens is 312 g/mol. The molecule has 3 heterocycles. The van der Waals surface area contributed by atoms with Gasteiger partial charge in [-0.05, 0) is 44.4 Å². The molecule has 0 amide bonds. The van der Waals surface area contributed by atoms with E-state index in [0.29, 0.717) is 11.9 Å². The van der Waals surface area contributed by atoms with Crippen LogP contribution in [-0.2, 0) is 18.5 Å². The van der Waals surface area contributed by atoms with Crippen molar-refractivity contribution in [1.29, 1.82) is 0 Å². The molecule has 1 aliphatic rings. The van der Waals surface area contributed by atoms with Gasteiger partial charge in [0.25, 0.3) is 6.01 Å². The highest BCUT2D eigenvalue weighted by atomic mass is 16.4. The molecule has 0 bridgehead atoms. The fourth-order valence-electron chi connectivity index (χ4n) is 3.50. The van der Waals surface area contributed by atoms with E-state index >= 15 is 0 Å². The molecule has 0 radical (unpaired) electrons. The Morgan fingerprint density at radius 1 is 1.20 bits per heavy atom. The maximum Gasteiger partial charge on any atom is 0.298 e. The molecule has 0 fully saturated rings. The SMILES string of the molecule is CC(C)c1ccc2oc(N3CCc4c(cnn4C(C)(C)C)C3)nc2c1. The van der Waals surface area contributed by atoms with E-state index in [-0.39, 0.29) is 5.54 Å². The first-order valence-electron chi connectivity index (χ1n) is 9.04. The van der Waals surface area contributed by atoms with Crippen LogP contribution in [0.4, 0.5) is 6.01 Å². The van der Waals surface area contributed by atoms with Crippen LogP contribution in [0.1, 0.15) is 57.4 Å². The van der Waals surface area contributed by atoms with Crippen molar-refractivity contribution in [2.45, 2.75) is 59.0 Å². The molecule has 3 aromatic rings. The second-order valence-corrected chi connectivity index (χ2v) is 8.25. The Morgan fingerprint density at radius 3 is 2.72 bits per heavy atom. The molecule has 0 spiro atoms. The van der Waals surface area contributed by atoms with Gasteiger partial charge in [0.2, 0.25) is 0 Å². The Morgan fingerprint density at radius 2 is 2.00 bits per heavy atom. The molecular formula is C20H26N4O. The molecule has 0 saturated heterocycles. The highest BCUT2D eigenvalue weighted by Gasteiger charge is 2.27. The van der Waals surface area contributed by atoms with Crippen LogP contribution in [0.15, 0.2) is 28.8 Å². The third-order valence-corrected chi connectivity index (χ3v) is 4.91. The van der Waals surface area contributed by atoms with E-state index in [1.54, 1.807) is 0 Å². The zero-order valence-corrected chi connectivity index (χ0v) is 15.7. The molecule has 0 atom stereocenters. The first kappa shape index (κ1) is 16.2. The fraction of sp³-hybridized carbons (Fsp3) is 0.500. The van der Waals surface area contributed by atoms with Crippen molar-refractivity contribution in [1.82, 2.24) is 14.8 Å². The van der Waals surface area contributed by atoms with E-state index in [9.17, 15) is 0 Å². The van der Waals surface area contributed by atoms with Crippen LogP contribution in [0.5, 0.6) is 0 Å². The number of nitrogens with zero attached hydrogens (tertiary/aromatic N) is 4. The second-order valence-electron chi connectivity index (χ2n) is 8.25. The summed E-state index contributed by atoms with van der Waals surface area (Å²) in [5.74, 6) is 0.491. The van der Waals surface area contributed by atoms with Crippen LogP contribution in [0, 0.1) is 0 Å². The van der Waals surface area contributed by atoms with Gasteiger partial charge in [0.15, 0.2) is 5.58 Å². The predicted molar refractivity (Wildman–Crippen MR) is 100 cm³/mol. The predicted octanol–water partition coefficient (Wildman–Crippen LogP) is 4.47. The summed E-state index contributed by atoms with van der Waals surface area (Å²) >= 11 is 0. The average molecular weight is 338 g/mol. The summed E-state index contributed by atoms with van der Waals surface area (Å²) in [4.78, 5) is 6.95. The minimum atomic E-state index is 0.0145. The number of hydrogen-bond donors (Lipinski definition) is 0. The molecule has 1 aliphatic heterocycles. The zero-order chi connectivity index (χ0) is 17.8. The molecule has 5 heteroatoms. The lowest BCUT2D eigenvalue weighted by Crippen LogP contribution is -2.33. The Labute approximate surface area is 148 Å². The van der Waals surface area contributed by atoms with Crippen molar-refractivity contribution < 1.29 is 4.42 Å². The quantitative estimate of drug-likeness (QED) is 0.692. The van der Waals surface area contributed by atoms with Gasteiger partial charge in [-0.1, -0.05) is 19.9 Å². The number of hydrogen-bond acceptors (Lipinski definition) is 4. The smallest absolute Gasteiger partial charge is 0.298 e. The Bertz CT molecular complexity index is 914. The van der Waals surface area contributed by atoms with Crippen molar-refractivity contribution in [3.8, 4) is 0 Å². The summed E-state index contributed by atoms with van der Waals surface area (Å²) in [6.45, 7) is 12.7. The third-order valence-electron chi connectivity index (χ3n) is 4.91. The van der Waals surface area contributed by atoms with Gasteiger partial charge in [-0.2, -0.15) is 10.1 Å². The second kappa shape index (κ2) is 5.61. The van der Waals surface area contributed by atoms with Crippen molar-refractivity contribution in [2.24, 2.45) is 0 Å². The third kappa shape index (κ3) is 2.81. The normalized spacial score (nSPS) is 15.2. The minimum Gasteiger partial charge on any atom is -0.423 e. The molecule has 5 nitrogen and oxygen atoms in total. The summed E-state index contributed by atoms with van der Waals surface area (Å²) in [5, 5.41) is 4.61. The lowest BCUT2D eigenvalue weighted by atomic mass is 10.0. The van der Waals surface area contributed by atoms with Crippen molar-refractivity contribution in [2.75, 3.05) is 11.4 Å². The van der Waals surface area contributed by atoms with Crippen LogP contribution in [0.3, 0.4) is 0 Å². The van der Waals surface area contributed by atoms with Crippen LogP contribution < -0.4 is 4.90 Å². The van der Waals surface area contributed by atoms with E-state index < -0.39 is 0 Å². The highest BCUT2D eigenvalue weighted by Crippen LogP contribution is 2.30. The first-order valence-corrected chi connectivity index (χ1v) is 9.04. The lowest BCUT2D eigenvalue weighted by Gasteiger charge is -2.29. The number of fused-ring (bicyclic) bond motifs is 2. The minimum absolute atomic E-state index is 0.0145. The number of rotatable bonds is 2. The van der Waals surface area contributed by atoms with Gasteiger partial charge in [0, 0.05) is 24.2 Å². The molecule has 0 unspecified atom stereocenters. The molecule has 0 N–H and O–H groups in total. The van der Waals surface area contributed by atoms with Crippen molar-refractivity contribution in [3.05, 3.63) is 41.2 Å². The van der Waals surface area contributed by atoms with Crippen LogP contribution in [0.2, 0.25) is 0 Å². The summed E-state index contributed by atoms with van der Waals surface area (Å²) in [5.41, 5.74) is 5.71. The molecule has 132 valence electrons. The number of benzene rings is 1. The molecule has 0 saturated carbocycles. The summed E-state index contributed by atoms with van der Waals surface area (Å²) < 4.78 is 8.17. The lowest BCUT2D eigenvalue weighted by molar-refractivity contribution is 0.341. The average Bonchev–Trinajstić information content (AvgIpc) is 3.16. The van der Waals surface area contributed by atoms with Crippen molar-refractivity contribution >= 4 is 17.1 Å². The number of aromatic nitrogens is 3. The maximum absolute atomic E-state index is 6.02. The topological polar surface area (TPSA) is 47.1 Å². The van der Waals surface area contributed by atoms with Gasteiger partial charge in [0.1, 0.15) is 5.52 Å². The Hall–Kier alpha value is -2.30. The number of oxazole rings is 1. The van der Waals surface area contributed by atoms with Gasteiger partial charge < -0.3 is 9.32 Å². The van der Waals surface area contributed by atoms with Crippen LogP contribution in [-0.4, -0.2) is 21.3 Å². The first-order chi connectivity index (χ1) is 11.8. The Kier molecular flexibility index (Phi) is 3.63. The standard InChI is InChI=1S/C20H26N4O/c1-13(2)14-6-7-18-16(10-14)22-19(25-18)23-9-8-17-15(12-23)11-21-24(17)20(3,4)5/h6-7,10-11,13H,8-9,12H2,1-5H3. The van der Waals surface area contributed by atoms with Gasteiger partial charge in [-0.3, -0.25) is 4.68 Å². The maximum atomic E-state index is 6.02. The van der Waals surface area contributed by atoms with Gasteiger partial charge in [0.05, 0.1) is 18.3 Å². The van der Waals surface area contributed by atoms with Gasteiger partial charge in [-0.25, -0.2) is 0 Å². The molecule has 1 aromatic carbocycles. The van der Waals surface area contributed by atoms with Gasteiger partial charge in [-0.15, -0.1) is 0 Å². The van der Waals surface area contributed by atoms with Crippen LogP contribution in [0.25, 0.3) is 11.1 Å². The summed E-state index contributed by atoms with van der Waals surface area (Å²) in [6.07, 6.45) is 2.95. The molecule has 0 aliphatic carbocycles. The largest absolute Gasteiger partial charge is 0.423 e. The van der Waals surface area contributed by atoms with E-state index in [0.717, 1.165) is 30.6 Å². The Balaban J connectivity index is 1.63. The van der Waals surface area contributed by atoms with E-state index in [1.807, 2.05) is 12.3 Å². The summed E-state index contributed by atoms with van der Waals surface area (Å²) in [6, 6.07) is 7.02.